The van der Waals surface area contributed by atoms with Gasteiger partial charge in [-0.1, -0.05) is 0 Å². The summed E-state index contributed by atoms with van der Waals surface area (Å²) in [7, 11) is 1.37. The van der Waals surface area contributed by atoms with Gasteiger partial charge >= 0.3 is 12.0 Å². The third-order valence-electron chi connectivity index (χ3n) is 3.18. The number of carboxylic acids is 1. The summed E-state index contributed by atoms with van der Waals surface area (Å²) >= 11 is 3.05. The Labute approximate surface area is 124 Å². The number of aliphatic carboxylic acids is 1. The van der Waals surface area contributed by atoms with Crippen molar-refractivity contribution >= 4 is 33.6 Å². The molecule has 0 saturated carbocycles. The molecule has 0 saturated heterocycles. The Kier molecular flexibility index (Phi) is 4.75. The van der Waals surface area contributed by atoms with E-state index in [0.29, 0.717) is 15.7 Å². The lowest BCUT2D eigenvalue weighted by atomic mass is 10.0. The average molecular weight is 347 g/mol. The molecule has 0 aliphatic rings. The molecule has 20 heavy (non-hydrogen) atoms. The Morgan fingerprint density at radius 3 is 2.45 bits per heavy atom. The number of carbonyl (C=O) groups is 2. The number of rotatable bonds is 3. The molecule has 0 aromatic heterocycles. The second kappa shape index (κ2) is 5.78. The van der Waals surface area contributed by atoms with Crippen molar-refractivity contribution in [1.82, 2.24) is 4.90 Å². The highest BCUT2D eigenvalue weighted by molar-refractivity contribution is 9.10. The minimum atomic E-state index is -1.37. The van der Waals surface area contributed by atoms with E-state index in [2.05, 4.69) is 21.2 Å². The molecule has 0 bridgehead atoms. The van der Waals surface area contributed by atoms with Crippen molar-refractivity contribution in [2.75, 3.05) is 12.4 Å². The molecule has 110 valence electrons. The fourth-order valence-electron chi connectivity index (χ4n) is 1.38. The standard InChI is InChI=1S/C13H16BrFN2O3/c1-7-5-8(14)9(15)6-10(7)16-12(20)17(4)13(2,3)11(18)19/h5-6H,1-4H3,(H,16,20)(H,18,19). The lowest BCUT2D eigenvalue weighted by Crippen LogP contribution is -2.52. The van der Waals surface area contributed by atoms with E-state index in [-0.39, 0.29) is 0 Å². The third-order valence-corrected chi connectivity index (χ3v) is 3.78. The summed E-state index contributed by atoms with van der Waals surface area (Å²) in [4.78, 5) is 24.2. The number of nitrogens with zero attached hydrogens (tertiary/aromatic N) is 1. The van der Waals surface area contributed by atoms with Gasteiger partial charge < -0.3 is 15.3 Å². The molecule has 2 amide bonds. The van der Waals surface area contributed by atoms with Crippen LogP contribution in [0.5, 0.6) is 0 Å². The highest BCUT2D eigenvalue weighted by Crippen LogP contribution is 2.24. The third kappa shape index (κ3) is 3.27. The summed E-state index contributed by atoms with van der Waals surface area (Å²) in [6, 6.07) is 2.09. The molecule has 1 aromatic rings. The van der Waals surface area contributed by atoms with Crippen molar-refractivity contribution in [1.29, 1.82) is 0 Å². The number of benzene rings is 1. The van der Waals surface area contributed by atoms with E-state index in [0.717, 1.165) is 4.90 Å². The number of aryl methyl sites for hydroxylation is 1. The number of nitrogens with one attached hydrogen (secondary N) is 1. The van der Waals surface area contributed by atoms with E-state index in [1.165, 1.54) is 33.0 Å². The highest BCUT2D eigenvalue weighted by Gasteiger charge is 2.35. The number of amides is 2. The highest BCUT2D eigenvalue weighted by atomic mass is 79.9. The lowest BCUT2D eigenvalue weighted by Gasteiger charge is -2.31. The lowest BCUT2D eigenvalue weighted by molar-refractivity contribution is -0.146. The molecule has 0 atom stereocenters. The number of halogens is 2. The molecule has 7 heteroatoms. The molecular formula is C13H16BrFN2O3. The first kappa shape index (κ1) is 16.4. The molecule has 0 fully saturated rings. The van der Waals surface area contributed by atoms with Crippen LogP contribution in [0.15, 0.2) is 16.6 Å². The topological polar surface area (TPSA) is 69.6 Å². The molecule has 2 N–H and O–H groups in total. The second-order valence-corrected chi connectivity index (χ2v) is 5.79. The van der Waals surface area contributed by atoms with Crippen molar-refractivity contribution in [2.24, 2.45) is 0 Å². The number of carbonyl (C=O) groups excluding carboxylic acids is 1. The molecule has 5 nitrogen and oxygen atoms in total. The Bertz CT molecular complexity index is 561. The summed E-state index contributed by atoms with van der Waals surface area (Å²) in [6.07, 6.45) is 0. The smallest absolute Gasteiger partial charge is 0.329 e. The van der Waals surface area contributed by atoms with Crippen LogP contribution >= 0.6 is 15.9 Å². The summed E-state index contributed by atoms with van der Waals surface area (Å²) in [5.41, 5.74) is -0.414. The minimum absolute atomic E-state index is 0.295. The summed E-state index contributed by atoms with van der Waals surface area (Å²) in [5.74, 6) is -1.64. The van der Waals surface area contributed by atoms with Crippen LogP contribution in [0, 0.1) is 12.7 Å². The van der Waals surface area contributed by atoms with Crippen LogP contribution in [0.3, 0.4) is 0 Å². The van der Waals surface area contributed by atoms with E-state index >= 15 is 0 Å². The van der Waals surface area contributed by atoms with Gasteiger partial charge in [0.15, 0.2) is 0 Å². The van der Waals surface area contributed by atoms with Crippen molar-refractivity contribution in [3.63, 3.8) is 0 Å². The predicted molar refractivity (Wildman–Crippen MR) is 77.3 cm³/mol. The van der Waals surface area contributed by atoms with E-state index in [1.54, 1.807) is 6.92 Å². The van der Waals surface area contributed by atoms with Crippen LogP contribution in [-0.2, 0) is 4.79 Å². The monoisotopic (exact) mass is 346 g/mol. The Morgan fingerprint density at radius 1 is 1.40 bits per heavy atom. The largest absolute Gasteiger partial charge is 0.480 e. The van der Waals surface area contributed by atoms with Gasteiger partial charge in [-0.2, -0.15) is 0 Å². The maximum absolute atomic E-state index is 13.5. The first-order valence-electron chi connectivity index (χ1n) is 5.81. The van der Waals surface area contributed by atoms with Crippen LogP contribution < -0.4 is 5.32 Å². The van der Waals surface area contributed by atoms with Gasteiger partial charge in [0.05, 0.1) is 4.47 Å². The van der Waals surface area contributed by atoms with Gasteiger partial charge in [-0.25, -0.2) is 14.0 Å². The molecule has 0 unspecified atom stereocenters. The van der Waals surface area contributed by atoms with Crippen molar-refractivity contribution in [3.05, 3.63) is 28.0 Å². The van der Waals surface area contributed by atoms with Crippen LogP contribution in [0.1, 0.15) is 19.4 Å². The van der Waals surface area contributed by atoms with Gasteiger partial charge in [0.25, 0.3) is 0 Å². The number of likely N-dealkylation sites (N-methyl/N-ethyl adjacent to an activating group) is 1. The maximum atomic E-state index is 13.5. The molecule has 1 aromatic carbocycles. The predicted octanol–water partition coefficient (Wildman–Crippen LogP) is 3.22. The average Bonchev–Trinajstić information content (AvgIpc) is 2.34. The molecule has 0 aliphatic heterocycles. The van der Waals surface area contributed by atoms with Gasteiger partial charge in [0.1, 0.15) is 11.4 Å². The molecule has 1 rings (SSSR count). The maximum Gasteiger partial charge on any atom is 0.329 e. The Morgan fingerprint density at radius 2 is 1.95 bits per heavy atom. The Balaban J connectivity index is 2.97. The van der Waals surface area contributed by atoms with Crippen LogP contribution in [0.4, 0.5) is 14.9 Å². The molecule has 0 radical (unpaired) electrons. The second-order valence-electron chi connectivity index (χ2n) is 4.93. The molecule has 0 aliphatic carbocycles. The fraction of sp³-hybridized carbons (Fsp3) is 0.385. The van der Waals surface area contributed by atoms with Crippen LogP contribution in [-0.4, -0.2) is 34.6 Å². The van der Waals surface area contributed by atoms with Gasteiger partial charge in [-0.15, -0.1) is 0 Å². The quantitative estimate of drug-likeness (QED) is 0.882. The van der Waals surface area contributed by atoms with Crippen LogP contribution in [0.2, 0.25) is 0 Å². The number of hydrogen-bond acceptors (Lipinski definition) is 2. The summed E-state index contributed by atoms with van der Waals surface area (Å²) < 4.78 is 13.8. The SMILES string of the molecule is Cc1cc(Br)c(F)cc1NC(=O)N(C)C(C)(C)C(=O)O. The zero-order valence-corrected chi connectivity index (χ0v) is 13.2. The van der Waals surface area contributed by atoms with E-state index in [1.807, 2.05) is 0 Å². The number of urea groups is 1. The van der Waals surface area contributed by atoms with E-state index in [9.17, 15) is 14.0 Å². The zero-order chi connectivity index (χ0) is 15.7. The van der Waals surface area contributed by atoms with E-state index < -0.39 is 23.4 Å². The van der Waals surface area contributed by atoms with E-state index in [4.69, 9.17) is 5.11 Å². The van der Waals surface area contributed by atoms with Crippen molar-refractivity contribution in [2.45, 2.75) is 26.3 Å². The number of anilines is 1. The minimum Gasteiger partial charge on any atom is -0.480 e. The number of hydrogen-bond donors (Lipinski definition) is 2. The first-order chi connectivity index (χ1) is 9.07. The number of carboxylic acid groups (broad SMARTS) is 1. The molecular weight excluding hydrogens is 331 g/mol. The summed E-state index contributed by atoms with van der Waals surface area (Å²) in [6.45, 7) is 4.52. The summed E-state index contributed by atoms with van der Waals surface area (Å²) in [5, 5.41) is 11.6. The van der Waals surface area contributed by atoms with Gasteiger partial charge in [-0.05, 0) is 54.4 Å². The Hall–Kier alpha value is -1.63. The van der Waals surface area contributed by atoms with Gasteiger partial charge in [-0.3, -0.25) is 0 Å². The molecule has 0 heterocycles. The molecule has 0 spiro atoms. The van der Waals surface area contributed by atoms with Crippen molar-refractivity contribution in [3.8, 4) is 0 Å². The zero-order valence-electron chi connectivity index (χ0n) is 11.6. The fourth-order valence-corrected chi connectivity index (χ4v) is 1.84. The van der Waals surface area contributed by atoms with Crippen LogP contribution in [0.25, 0.3) is 0 Å². The normalized spacial score (nSPS) is 11.1. The van der Waals surface area contributed by atoms with Crippen molar-refractivity contribution < 1.29 is 19.1 Å². The first-order valence-corrected chi connectivity index (χ1v) is 6.60. The van der Waals surface area contributed by atoms with Gasteiger partial charge in [0, 0.05) is 12.7 Å². The van der Waals surface area contributed by atoms with Gasteiger partial charge in [0.2, 0.25) is 0 Å².